The lowest BCUT2D eigenvalue weighted by molar-refractivity contribution is -0.137. The van der Waals surface area contributed by atoms with Crippen LogP contribution in [0.5, 0.6) is 5.75 Å². The largest absolute Gasteiger partial charge is 0.496 e. The molecule has 0 atom stereocenters. The molecule has 0 unspecified atom stereocenters. The van der Waals surface area contributed by atoms with Crippen molar-refractivity contribution in [2.24, 2.45) is 0 Å². The maximum atomic E-state index is 12.4. The lowest BCUT2D eigenvalue weighted by Crippen LogP contribution is -2.13. The zero-order chi connectivity index (χ0) is 15.3. The summed E-state index contributed by atoms with van der Waals surface area (Å²) in [4.78, 5) is 0. The number of halogens is 3. The minimum Gasteiger partial charge on any atom is -0.496 e. The highest BCUT2D eigenvalue weighted by molar-refractivity contribution is 5.33. The highest BCUT2D eigenvalue weighted by atomic mass is 19.4. The standard InChI is InChI=1S/C16H16F3NO/c1-21-15-5-3-2-4-13(15)11-20-10-12-6-8-14(9-7-12)16(17,18)19/h2-9,20H,10-11H2,1H3. The number of rotatable bonds is 5. The van der Waals surface area contributed by atoms with Crippen LogP contribution in [0.4, 0.5) is 13.2 Å². The molecule has 0 aromatic heterocycles. The fourth-order valence-electron chi connectivity index (χ4n) is 2.00. The van der Waals surface area contributed by atoms with Crippen LogP contribution in [-0.2, 0) is 19.3 Å². The van der Waals surface area contributed by atoms with Crippen molar-refractivity contribution in [3.8, 4) is 5.75 Å². The Labute approximate surface area is 121 Å². The summed E-state index contributed by atoms with van der Waals surface area (Å²) < 4.78 is 42.6. The van der Waals surface area contributed by atoms with E-state index < -0.39 is 11.7 Å². The number of alkyl halides is 3. The zero-order valence-corrected chi connectivity index (χ0v) is 11.6. The fraction of sp³-hybridized carbons (Fsp3) is 0.250. The Morgan fingerprint density at radius 3 is 2.24 bits per heavy atom. The van der Waals surface area contributed by atoms with Crippen LogP contribution >= 0.6 is 0 Å². The third-order valence-corrected chi connectivity index (χ3v) is 3.12. The summed E-state index contributed by atoms with van der Waals surface area (Å²) >= 11 is 0. The number of para-hydroxylation sites is 1. The summed E-state index contributed by atoms with van der Waals surface area (Å²) in [5.74, 6) is 0.789. The third-order valence-electron chi connectivity index (χ3n) is 3.12. The van der Waals surface area contributed by atoms with Gasteiger partial charge < -0.3 is 10.1 Å². The van der Waals surface area contributed by atoms with Crippen molar-refractivity contribution in [3.05, 3.63) is 65.2 Å². The van der Waals surface area contributed by atoms with Gasteiger partial charge in [-0.05, 0) is 23.8 Å². The SMILES string of the molecule is COc1ccccc1CNCc1ccc(C(F)(F)F)cc1. The maximum absolute atomic E-state index is 12.4. The lowest BCUT2D eigenvalue weighted by Gasteiger charge is -2.10. The van der Waals surface area contributed by atoms with Gasteiger partial charge in [0.15, 0.2) is 0 Å². The van der Waals surface area contributed by atoms with Crippen molar-refractivity contribution in [3.63, 3.8) is 0 Å². The molecule has 0 saturated carbocycles. The van der Waals surface area contributed by atoms with Gasteiger partial charge in [-0.1, -0.05) is 30.3 Å². The van der Waals surface area contributed by atoms with Crippen LogP contribution in [-0.4, -0.2) is 7.11 Å². The molecule has 0 aliphatic heterocycles. The van der Waals surface area contributed by atoms with Crippen molar-refractivity contribution in [1.82, 2.24) is 5.32 Å². The molecule has 5 heteroatoms. The predicted molar refractivity (Wildman–Crippen MR) is 75.0 cm³/mol. The molecular formula is C16H16F3NO. The second-order valence-electron chi connectivity index (χ2n) is 4.61. The van der Waals surface area contributed by atoms with E-state index >= 15 is 0 Å². The van der Waals surface area contributed by atoms with E-state index in [0.717, 1.165) is 29.0 Å². The first-order chi connectivity index (χ1) is 10.0. The van der Waals surface area contributed by atoms with E-state index in [9.17, 15) is 13.2 Å². The predicted octanol–water partition coefficient (Wildman–Crippen LogP) is 4.00. The van der Waals surface area contributed by atoms with Crippen LogP contribution in [0.1, 0.15) is 16.7 Å². The topological polar surface area (TPSA) is 21.3 Å². The number of hydrogen-bond acceptors (Lipinski definition) is 2. The summed E-state index contributed by atoms with van der Waals surface area (Å²) in [6.07, 6.45) is -4.29. The fourth-order valence-corrected chi connectivity index (χ4v) is 2.00. The highest BCUT2D eigenvalue weighted by Crippen LogP contribution is 2.29. The molecule has 21 heavy (non-hydrogen) atoms. The Balaban J connectivity index is 1.92. The number of hydrogen-bond donors (Lipinski definition) is 1. The Morgan fingerprint density at radius 1 is 0.952 bits per heavy atom. The molecule has 0 fully saturated rings. The monoisotopic (exact) mass is 295 g/mol. The molecule has 0 bridgehead atoms. The first-order valence-corrected chi connectivity index (χ1v) is 6.49. The van der Waals surface area contributed by atoms with Gasteiger partial charge in [-0.2, -0.15) is 13.2 Å². The normalized spacial score (nSPS) is 11.4. The van der Waals surface area contributed by atoms with Crippen molar-refractivity contribution in [2.45, 2.75) is 19.3 Å². The number of benzene rings is 2. The van der Waals surface area contributed by atoms with E-state index in [1.807, 2.05) is 24.3 Å². The summed E-state index contributed by atoms with van der Waals surface area (Å²) in [5.41, 5.74) is 1.18. The van der Waals surface area contributed by atoms with Gasteiger partial charge in [0.05, 0.1) is 12.7 Å². The summed E-state index contributed by atoms with van der Waals surface area (Å²) in [6, 6.07) is 12.8. The zero-order valence-electron chi connectivity index (χ0n) is 11.6. The summed E-state index contributed by atoms with van der Waals surface area (Å²) in [5, 5.41) is 3.19. The second kappa shape index (κ2) is 6.63. The van der Waals surface area contributed by atoms with E-state index in [-0.39, 0.29) is 0 Å². The molecular weight excluding hydrogens is 279 g/mol. The Morgan fingerprint density at radius 2 is 1.62 bits per heavy atom. The lowest BCUT2D eigenvalue weighted by atomic mass is 10.1. The van der Waals surface area contributed by atoms with Crippen molar-refractivity contribution >= 4 is 0 Å². The molecule has 1 N–H and O–H groups in total. The Hall–Kier alpha value is -2.01. The molecule has 2 aromatic carbocycles. The average molecular weight is 295 g/mol. The van der Waals surface area contributed by atoms with E-state index in [2.05, 4.69) is 5.32 Å². The Kier molecular flexibility index (Phi) is 4.85. The molecule has 2 aromatic rings. The number of ether oxygens (including phenoxy) is 1. The minimum absolute atomic E-state index is 0.496. The van der Waals surface area contributed by atoms with Crippen LogP contribution in [0.3, 0.4) is 0 Å². The van der Waals surface area contributed by atoms with Crippen LogP contribution < -0.4 is 10.1 Å². The molecule has 0 radical (unpaired) electrons. The van der Waals surface area contributed by atoms with E-state index in [4.69, 9.17) is 4.74 Å². The van der Waals surface area contributed by atoms with Crippen molar-refractivity contribution in [2.75, 3.05) is 7.11 Å². The first kappa shape index (κ1) is 15.4. The quantitative estimate of drug-likeness (QED) is 0.900. The molecule has 2 rings (SSSR count). The van der Waals surface area contributed by atoms with Gasteiger partial charge in [0.2, 0.25) is 0 Å². The van der Waals surface area contributed by atoms with Crippen molar-refractivity contribution in [1.29, 1.82) is 0 Å². The van der Waals surface area contributed by atoms with E-state index in [1.54, 1.807) is 7.11 Å². The molecule has 2 nitrogen and oxygen atoms in total. The molecule has 0 saturated heterocycles. The van der Waals surface area contributed by atoms with Gasteiger partial charge in [0, 0.05) is 18.7 Å². The van der Waals surface area contributed by atoms with Crippen LogP contribution in [0.2, 0.25) is 0 Å². The number of methoxy groups -OCH3 is 1. The first-order valence-electron chi connectivity index (χ1n) is 6.49. The van der Waals surface area contributed by atoms with Crippen LogP contribution in [0.15, 0.2) is 48.5 Å². The van der Waals surface area contributed by atoms with E-state index in [1.165, 1.54) is 12.1 Å². The van der Waals surface area contributed by atoms with E-state index in [0.29, 0.717) is 13.1 Å². The van der Waals surface area contributed by atoms with Crippen LogP contribution in [0.25, 0.3) is 0 Å². The van der Waals surface area contributed by atoms with Gasteiger partial charge in [-0.15, -0.1) is 0 Å². The highest BCUT2D eigenvalue weighted by Gasteiger charge is 2.29. The summed E-state index contributed by atoms with van der Waals surface area (Å²) in [6.45, 7) is 1.08. The molecule has 112 valence electrons. The molecule has 0 amide bonds. The van der Waals surface area contributed by atoms with Gasteiger partial charge in [-0.25, -0.2) is 0 Å². The van der Waals surface area contributed by atoms with Gasteiger partial charge >= 0.3 is 6.18 Å². The van der Waals surface area contributed by atoms with Crippen molar-refractivity contribution < 1.29 is 17.9 Å². The molecule has 0 aliphatic carbocycles. The Bertz CT molecular complexity index is 579. The maximum Gasteiger partial charge on any atom is 0.416 e. The third kappa shape index (κ3) is 4.23. The number of nitrogens with one attached hydrogen (secondary N) is 1. The summed E-state index contributed by atoms with van der Waals surface area (Å²) in [7, 11) is 1.61. The van der Waals surface area contributed by atoms with Gasteiger partial charge in [0.25, 0.3) is 0 Å². The van der Waals surface area contributed by atoms with Gasteiger partial charge in [0.1, 0.15) is 5.75 Å². The minimum atomic E-state index is -4.29. The average Bonchev–Trinajstić information content (AvgIpc) is 2.47. The second-order valence-corrected chi connectivity index (χ2v) is 4.61. The van der Waals surface area contributed by atoms with Crippen LogP contribution in [0, 0.1) is 0 Å². The van der Waals surface area contributed by atoms with Gasteiger partial charge in [-0.3, -0.25) is 0 Å². The molecule has 0 heterocycles. The molecule has 0 aliphatic rings. The smallest absolute Gasteiger partial charge is 0.416 e. The molecule has 0 spiro atoms.